The summed E-state index contributed by atoms with van der Waals surface area (Å²) in [4.78, 5) is 0. The lowest BCUT2D eigenvalue weighted by atomic mass is 9.73. The molecule has 1 atom stereocenters. The molecule has 238 valence electrons. The van der Waals surface area contributed by atoms with Crippen molar-refractivity contribution < 1.29 is 48.6 Å². The first-order valence-electron chi connectivity index (χ1n) is 14.7. The molecule has 2 aliphatic rings. The fraction of sp³-hybridized carbons (Fsp3) is 0.455. The van der Waals surface area contributed by atoms with Gasteiger partial charge in [0, 0.05) is 11.1 Å². The molecule has 11 heteroatoms. The first-order valence-corrected chi connectivity index (χ1v) is 14.7. The minimum absolute atomic E-state index is 0.0250. The molecular formula is C33H30F10O. The van der Waals surface area contributed by atoms with E-state index in [0.29, 0.717) is 30.9 Å². The molecule has 0 spiro atoms. The molecule has 44 heavy (non-hydrogen) atoms. The van der Waals surface area contributed by atoms with Crippen LogP contribution in [0.5, 0.6) is 5.75 Å². The second-order valence-corrected chi connectivity index (χ2v) is 11.7. The summed E-state index contributed by atoms with van der Waals surface area (Å²) in [5.74, 6) is -10.7. The number of ether oxygens (including phenoxy) is 1. The van der Waals surface area contributed by atoms with Gasteiger partial charge < -0.3 is 4.74 Å². The SMILES string of the molecule is CCc1cc(F)c(CCC2CCc3c(F)c(C4CCC(c5ccc(OC(F)(F)F)c(F)c5F)CC4)c(F)c(F)c3C2)c(F)c1. The number of hydrogen-bond donors (Lipinski definition) is 0. The molecular weight excluding hydrogens is 602 g/mol. The average molecular weight is 633 g/mol. The number of hydrogen-bond acceptors (Lipinski definition) is 1. The summed E-state index contributed by atoms with van der Waals surface area (Å²) in [6.45, 7) is 1.78. The fourth-order valence-electron chi connectivity index (χ4n) is 6.80. The van der Waals surface area contributed by atoms with Gasteiger partial charge in [-0.15, -0.1) is 13.2 Å². The standard InChI is InChI=1S/C33H30F10O/c1-2-16-14-24(34)22(25(35)15-16)10-4-17-3-9-21-23(13-17)30(38)32(40)27(28(21)36)19-7-5-18(6-8-19)20-11-12-26(31(39)29(20)37)44-33(41,42)43/h11-12,14-15,17-19H,2-10,13H2,1H3. The van der Waals surface area contributed by atoms with Crippen LogP contribution in [0, 0.1) is 46.6 Å². The molecule has 0 N–H and O–H groups in total. The van der Waals surface area contributed by atoms with Gasteiger partial charge in [0.2, 0.25) is 5.82 Å². The van der Waals surface area contributed by atoms with Gasteiger partial charge in [-0.05, 0) is 122 Å². The molecule has 1 saturated carbocycles. The van der Waals surface area contributed by atoms with Crippen molar-refractivity contribution >= 4 is 0 Å². The van der Waals surface area contributed by atoms with E-state index < -0.39 is 64.7 Å². The maximum atomic E-state index is 15.7. The van der Waals surface area contributed by atoms with Crippen LogP contribution >= 0.6 is 0 Å². The van der Waals surface area contributed by atoms with Crippen LogP contribution in [-0.4, -0.2) is 6.36 Å². The summed E-state index contributed by atoms with van der Waals surface area (Å²) in [5, 5.41) is 0. The molecule has 0 saturated heterocycles. The van der Waals surface area contributed by atoms with E-state index in [-0.39, 0.29) is 78.7 Å². The van der Waals surface area contributed by atoms with Crippen LogP contribution in [0.4, 0.5) is 43.9 Å². The van der Waals surface area contributed by atoms with Crippen LogP contribution in [0.2, 0.25) is 0 Å². The van der Waals surface area contributed by atoms with Crippen LogP contribution in [-0.2, 0) is 25.7 Å². The first-order chi connectivity index (χ1) is 20.8. The summed E-state index contributed by atoms with van der Waals surface area (Å²) in [6.07, 6.45) is -3.24. The summed E-state index contributed by atoms with van der Waals surface area (Å²) in [5.41, 5.74) is -0.0867. The lowest BCUT2D eigenvalue weighted by Crippen LogP contribution is -2.23. The Balaban J connectivity index is 1.28. The molecule has 0 aromatic heterocycles. The number of rotatable bonds is 7. The summed E-state index contributed by atoms with van der Waals surface area (Å²) >= 11 is 0. The Bertz CT molecular complexity index is 1520. The third-order valence-electron chi connectivity index (χ3n) is 9.14. The van der Waals surface area contributed by atoms with E-state index in [1.807, 2.05) is 0 Å². The van der Waals surface area contributed by atoms with Crippen LogP contribution in [0.1, 0.15) is 90.7 Å². The van der Waals surface area contributed by atoms with Gasteiger partial charge in [0.25, 0.3) is 0 Å². The van der Waals surface area contributed by atoms with E-state index in [4.69, 9.17) is 0 Å². The van der Waals surface area contributed by atoms with Crippen molar-refractivity contribution in [3.05, 3.63) is 98.4 Å². The molecule has 1 nitrogen and oxygen atoms in total. The lowest BCUT2D eigenvalue weighted by Gasteiger charge is -2.32. The van der Waals surface area contributed by atoms with Crippen LogP contribution < -0.4 is 4.74 Å². The van der Waals surface area contributed by atoms with Gasteiger partial charge in [-0.3, -0.25) is 0 Å². The van der Waals surface area contributed by atoms with Crippen molar-refractivity contribution in [2.45, 2.75) is 89.3 Å². The van der Waals surface area contributed by atoms with Gasteiger partial charge in [-0.2, -0.15) is 4.39 Å². The van der Waals surface area contributed by atoms with E-state index in [1.165, 1.54) is 12.1 Å². The summed E-state index contributed by atoms with van der Waals surface area (Å²) in [6, 6.07) is 4.26. The van der Waals surface area contributed by atoms with Crippen molar-refractivity contribution in [1.29, 1.82) is 0 Å². The van der Waals surface area contributed by atoms with Gasteiger partial charge in [-0.1, -0.05) is 13.0 Å². The van der Waals surface area contributed by atoms with Crippen molar-refractivity contribution in [2.75, 3.05) is 0 Å². The molecule has 0 heterocycles. The quantitative estimate of drug-likeness (QED) is 0.186. The predicted molar refractivity (Wildman–Crippen MR) is 143 cm³/mol. The Morgan fingerprint density at radius 2 is 1.36 bits per heavy atom. The van der Waals surface area contributed by atoms with Crippen LogP contribution in [0.15, 0.2) is 24.3 Å². The van der Waals surface area contributed by atoms with Gasteiger partial charge in [0.15, 0.2) is 23.2 Å². The number of aryl methyl sites for hydroxylation is 1. The summed E-state index contributed by atoms with van der Waals surface area (Å²) < 4.78 is 145. The zero-order valence-electron chi connectivity index (χ0n) is 23.8. The van der Waals surface area contributed by atoms with E-state index in [9.17, 15) is 30.7 Å². The normalized spacial score (nSPS) is 20.5. The highest BCUT2D eigenvalue weighted by Gasteiger charge is 2.37. The Morgan fingerprint density at radius 1 is 0.727 bits per heavy atom. The highest BCUT2D eigenvalue weighted by Crippen LogP contribution is 2.46. The Morgan fingerprint density at radius 3 is 1.98 bits per heavy atom. The largest absolute Gasteiger partial charge is 0.573 e. The fourth-order valence-corrected chi connectivity index (χ4v) is 6.80. The van der Waals surface area contributed by atoms with Gasteiger partial charge in [-0.25, -0.2) is 26.3 Å². The summed E-state index contributed by atoms with van der Waals surface area (Å²) in [7, 11) is 0. The second kappa shape index (κ2) is 12.6. The maximum Gasteiger partial charge on any atom is 0.573 e. The molecule has 0 radical (unpaired) electrons. The zero-order valence-corrected chi connectivity index (χ0v) is 23.8. The molecule has 1 fully saturated rings. The molecule has 1 unspecified atom stereocenters. The van der Waals surface area contributed by atoms with E-state index in [0.717, 1.165) is 6.07 Å². The Hall–Kier alpha value is -3.24. The third-order valence-corrected chi connectivity index (χ3v) is 9.14. The number of benzene rings is 3. The topological polar surface area (TPSA) is 9.23 Å². The first kappa shape index (κ1) is 32.2. The lowest BCUT2D eigenvalue weighted by molar-refractivity contribution is -0.275. The minimum atomic E-state index is -5.20. The molecule has 0 bridgehead atoms. The number of alkyl halides is 3. The zero-order chi connectivity index (χ0) is 31.9. The number of fused-ring (bicyclic) bond motifs is 1. The van der Waals surface area contributed by atoms with E-state index in [1.54, 1.807) is 6.92 Å². The second-order valence-electron chi connectivity index (χ2n) is 11.7. The van der Waals surface area contributed by atoms with E-state index in [2.05, 4.69) is 4.74 Å². The predicted octanol–water partition coefficient (Wildman–Crippen LogP) is 10.3. The third kappa shape index (κ3) is 6.42. The maximum absolute atomic E-state index is 15.7. The van der Waals surface area contributed by atoms with Crippen LogP contribution in [0.25, 0.3) is 0 Å². The molecule has 2 aliphatic carbocycles. The highest BCUT2D eigenvalue weighted by molar-refractivity contribution is 5.41. The average Bonchev–Trinajstić information content (AvgIpc) is 2.98. The smallest absolute Gasteiger partial charge is 0.403 e. The molecule has 0 aliphatic heterocycles. The Kier molecular flexibility index (Phi) is 9.23. The van der Waals surface area contributed by atoms with Crippen molar-refractivity contribution in [3.8, 4) is 5.75 Å². The molecule has 3 aromatic rings. The highest BCUT2D eigenvalue weighted by atomic mass is 19.4. The van der Waals surface area contributed by atoms with E-state index >= 15 is 13.2 Å². The van der Waals surface area contributed by atoms with Crippen molar-refractivity contribution in [2.24, 2.45) is 5.92 Å². The number of halogens is 10. The van der Waals surface area contributed by atoms with Gasteiger partial charge in [0.1, 0.15) is 17.5 Å². The molecule has 3 aromatic carbocycles. The molecule has 0 amide bonds. The Labute approximate surface area is 248 Å². The molecule has 5 rings (SSSR count). The van der Waals surface area contributed by atoms with Gasteiger partial charge in [0.05, 0.1) is 0 Å². The minimum Gasteiger partial charge on any atom is -0.403 e. The van der Waals surface area contributed by atoms with Crippen molar-refractivity contribution in [3.63, 3.8) is 0 Å². The van der Waals surface area contributed by atoms with Crippen molar-refractivity contribution in [1.82, 2.24) is 0 Å². The van der Waals surface area contributed by atoms with Crippen LogP contribution in [0.3, 0.4) is 0 Å². The monoisotopic (exact) mass is 632 g/mol. The van der Waals surface area contributed by atoms with Gasteiger partial charge >= 0.3 is 6.36 Å².